The number of piperidine rings is 1. The lowest BCUT2D eigenvalue weighted by Gasteiger charge is -2.37. The summed E-state index contributed by atoms with van der Waals surface area (Å²) in [6.07, 6.45) is -3.96. The zero-order valence-electron chi connectivity index (χ0n) is 17.1. The number of hydrogen-bond acceptors (Lipinski definition) is 8. The number of ether oxygens (including phenoxy) is 2. The van der Waals surface area contributed by atoms with Crippen LogP contribution in [0.2, 0.25) is 0 Å². The van der Waals surface area contributed by atoms with Crippen molar-refractivity contribution in [3.8, 4) is 0 Å². The van der Waals surface area contributed by atoms with Gasteiger partial charge < -0.3 is 24.7 Å². The Morgan fingerprint density at radius 3 is 2.74 bits per heavy atom. The summed E-state index contributed by atoms with van der Waals surface area (Å²) in [5.74, 6) is -1.59. The number of imidazole rings is 1. The highest BCUT2D eigenvalue weighted by molar-refractivity contribution is 7.17. The van der Waals surface area contributed by atoms with Gasteiger partial charge in [-0.1, -0.05) is 11.3 Å². The van der Waals surface area contributed by atoms with Gasteiger partial charge in [0.2, 0.25) is 0 Å². The third kappa shape index (κ3) is 5.15. The van der Waals surface area contributed by atoms with Gasteiger partial charge in [0, 0.05) is 26.4 Å². The van der Waals surface area contributed by atoms with E-state index in [1.54, 1.807) is 13.8 Å². The fourth-order valence-corrected chi connectivity index (χ4v) is 4.21. The number of rotatable bonds is 6. The number of carbonyl (C=O) groups is 2. The predicted octanol–water partition coefficient (Wildman–Crippen LogP) is 2.39. The minimum absolute atomic E-state index is 0.266. The highest BCUT2D eigenvalue weighted by Gasteiger charge is 2.36. The number of thiazole rings is 1. The molecule has 0 aromatic carbocycles. The Morgan fingerprint density at radius 1 is 1.39 bits per heavy atom. The first kappa shape index (κ1) is 23.0. The molecule has 1 amide bonds. The molecule has 2 aromatic rings. The Labute approximate surface area is 180 Å². The number of amides is 1. The average Bonchev–Trinajstić information content (AvgIpc) is 3.35. The van der Waals surface area contributed by atoms with E-state index < -0.39 is 41.7 Å². The first-order chi connectivity index (χ1) is 14.6. The maximum atomic E-state index is 12.7. The molecule has 31 heavy (non-hydrogen) atoms. The van der Waals surface area contributed by atoms with E-state index in [1.807, 2.05) is 4.90 Å². The van der Waals surface area contributed by atoms with Crippen molar-refractivity contribution < 1.29 is 32.2 Å². The molecule has 1 fully saturated rings. The second kappa shape index (κ2) is 9.22. The Morgan fingerprint density at radius 2 is 2.13 bits per heavy atom. The number of methoxy groups -OCH3 is 1. The number of nitrogens with zero attached hydrogens (tertiary/aromatic N) is 3. The number of aryl methyl sites for hydroxylation is 1. The highest BCUT2D eigenvalue weighted by Crippen LogP contribution is 2.30. The Balaban J connectivity index is 1.66. The molecule has 1 aliphatic heterocycles. The quantitative estimate of drug-likeness (QED) is 0.636. The van der Waals surface area contributed by atoms with Gasteiger partial charge in [0.05, 0.1) is 24.4 Å². The highest BCUT2D eigenvalue weighted by atomic mass is 32.1. The maximum Gasteiger partial charge on any atom is 0.434 e. The number of hydrogen-bond donors (Lipinski definition) is 2. The maximum absolute atomic E-state index is 12.7. The van der Waals surface area contributed by atoms with Gasteiger partial charge in [0.25, 0.3) is 5.91 Å². The largest absolute Gasteiger partial charge is 0.462 e. The van der Waals surface area contributed by atoms with Gasteiger partial charge in [0.15, 0.2) is 16.6 Å². The van der Waals surface area contributed by atoms with Crippen LogP contribution in [0.5, 0.6) is 0 Å². The molecule has 2 N–H and O–H groups in total. The molecule has 0 spiro atoms. The molecule has 13 heteroatoms. The average molecular weight is 461 g/mol. The number of H-pyrrole nitrogens is 1. The molecule has 170 valence electrons. The SMILES string of the molecule is CCOC(=O)c1sc(N2CC[C@@H](NC(=O)c3nc(C(F)(F)F)c[nH]3)[C@@H](OC)C2)nc1C. The predicted molar refractivity (Wildman–Crippen MR) is 105 cm³/mol. The second-order valence-electron chi connectivity index (χ2n) is 6.85. The van der Waals surface area contributed by atoms with Crippen molar-refractivity contribution in [2.45, 2.75) is 38.6 Å². The second-order valence-corrected chi connectivity index (χ2v) is 7.83. The monoisotopic (exact) mass is 461 g/mol. The topological polar surface area (TPSA) is 109 Å². The summed E-state index contributed by atoms with van der Waals surface area (Å²) in [7, 11) is 1.49. The van der Waals surface area contributed by atoms with Crippen LogP contribution < -0.4 is 10.2 Å². The Bertz CT molecular complexity index is 945. The van der Waals surface area contributed by atoms with Crippen LogP contribution in [0, 0.1) is 6.92 Å². The fourth-order valence-electron chi connectivity index (χ4n) is 3.22. The summed E-state index contributed by atoms with van der Waals surface area (Å²) in [5, 5.41) is 3.31. The molecule has 0 aliphatic carbocycles. The molecule has 0 saturated carbocycles. The number of nitrogens with one attached hydrogen (secondary N) is 2. The van der Waals surface area contributed by atoms with E-state index in [0.717, 1.165) is 0 Å². The van der Waals surface area contributed by atoms with Gasteiger partial charge in [-0.15, -0.1) is 0 Å². The van der Waals surface area contributed by atoms with E-state index in [2.05, 4.69) is 20.3 Å². The molecule has 3 rings (SSSR count). The minimum atomic E-state index is -4.64. The van der Waals surface area contributed by atoms with E-state index in [1.165, 1.54) is 18.4 Å². The van der Waals surface area contributed by atoms with Crippen molar-refractivity contribution in [1.82, 2.24) is 20.3 Å². The molecule has 2 atom stereocenters. The lowest BCUT2D eigenvalue weighted by molar-refractivity contribution is -0.140. The minimum Gasteiger partial charge on any atom is -0.462 e. The summed E-state index contributed by atoms with van der Waals surface area (Å²) >= 11 is 1.22. The van der Waals surface area contributed by atoms with Crippen LogP contribution in [-0.2, 0) is 15.7 Å². The summed E-state index contributed by atoms with van der Waals surface area (Å²) in [6.45, 7) is 4.60. The van der Waals surface area contributed by atoms with Gasteiger partial charge in [0.1, 0.15) is 4.88 Å². The van der Waals surface area contributed by atoms with E-state index in [4.69, 9.17) is 9.47 Å². The van der Waals surface area contributed by atoms with Crippen LogP contribution >= 0.6 is 11.3 Å². The number of esters is 1. The molecule has 0 unspecified atom stereocenters. The van der Waals surface area contributed by atoms with Crippen molar-refractivity contribution in [3.05, 3.63) is 28.3 Å². The van der Waals surface area contributed by atoms with Crippen molar-refractivity contribution in [1.29, 1.82) is 0 Å². The standard InChI is InChI=1S/C18H22F3N5O4S/c1-4-30-16(28)13-9(2)23-17(31-13)26-6-5-10(11(8-26)29-3)24-15(27)14-22-7-12(25-14)18(19,20)21/h7,10-11H,4-6,8H2,1-3H3,(H,22,25)(H,24,27)/t10-,11+/m1/s1. The normalized spacial score (nSPS) is 19.4. The van der Waals surface area contributed by atoms with Crippen LogP contribution in [-0.4, -0.2) is 65.8 Å². The van der Waals surface area contributed by atoms with Gasteiger partial charge in [-0.25, -0.2) is 14.8 Å². The molecule has 2 aromatic heterocycles. The number of aromatic amines is 1. The van der Waals surface area contributed by atoms with Crippen molar-refractivity contribution >= 4 is 28.3 Å². The van der Waals surface area contributed by atoms with Crippen LogP contribution in [0.4, 0.5) is 18.3 Å². The number of aromatic nitrogens is 3. The lowest BCUT2D eigenvalue weighted by atomic mass is 10.0. The summed E-state index contributed by atoms with van der Waals surface area (Å²) in [6, 6.07) is -0.432. The molecule has 1 saturated heterocycles. The van der Waals surface area contributed by atoms with Gasteiger partial charge >= 0.3 is 12.1 Å². The van der Waals surface area contributed by atoms with E-state index in [-0.39, 0.29) is 6.61 Å². The molecule has 1 aliphatic rings. The Kier molecular flexibility index (Phi) is 6.84. The van der Waals surface area contributed by atoms with Gasteiger partial charge in [-0.2, -0.15) is 13.2 Å². The number of alkyl halides is 3. The third-order valence-electron chi connectivity index (χ3n) is 4.78. The number of anilines is 1. The molecule has 3 heterocycles. The third-order valence-corrected chi connectivity index (χ3v) is 5.98. The van der Waals surface area contributed by atoms with E-state index in [9.17, 15) is 22.8 Å². The zero-order valence-corrected chi connectivity index (χ0v) is 17.9. The summed E-state index contributed by atoms with van der Waals surface area (Å²) in [5.41, 5.74) is -0.589. The van der Waals surface area contributed by atoms with Crippen LogP contribution in [0.15, 0.2) is 6.20 Å². The number of halogens is 3. The zero-order chi connectivity index (χ0) is 22.8. The van der Waals surface area contributed by atoms with Gasteiger partial charge in [-0.3, -0.25) is 4.79 Å². The smallest absolute Gasteiger partial charge is 0.434 e. The van der Waals surface area contributed by atoms with Gasteiger partial charge in [-0.05, 0) is 20.3 Å². The van der Waals surface area contributed by atoms with Crippen molar-refractivity contribution in [2.75, 3.05) is 31.7 Å². The van der Waals surface area contributed by atoms with E-state index >= 15 is 0 Å². The summed E-state index contributed by atoms with van der Waals surface area (Å²) < 4.78 is 48.6. The Hall–Kier alpha value is -2.67. The summed E-state index contributed by atoms with van der Waals surface area (Å²) in [4.78, 5) is 36.8. The van der Waals surface area contributed by atoms with Crippen LogP contribution in [0.25, 0.3) is 0 Å². The molecule has 9 nitrogen and oxygen atoms in total. The molecular formula is C18H22F3N5O4S. The molecule has 0 radical (unpaired) electrons. The lowest BCUT2D eigenvalue weighted by Crippen LogP contribution is -2.55. The molecule has 0 bridgehead atoms. The number of carbonyl (C=O) groups excluding carboxylic acids is 2. The van der Waals surface area contributed by atoms with E-state index in [0.29, 0.717) is 41.4 Å². The first-order valence-electron chi connectivity index (χ1n) is 9.49. The molecular weight excluding hydrogens is 439 g/mol. The first-order valence-corrected chi connectivity index (χ1v) is 10.3. The van der Waals surface area contributed by atoms with Crippen molar-refractivity contribution in [2.24, 2.45) is 0 Å². The van der Waals surface area contributed by atoms with Crippen molar-refractivity contribution in [3.63, 3.8) is 0 Å². The fraction of sp³-hybridized carbons (Fsp3) is 0.556. The van der Waals surface area contributed by atoms with Crippen LogP contribution in [0.3, 0.4) is 0 Å². The van der Waals surface area contributed by atoms with Crippen LogP contribution in [0.1, 0.15) is 45.0 Å².